The Morgan fingerprint density at radius 2 is 1.81 bits per heavy atom. The number of hydrogen-bond donors (Lipinski definition) is 2. The average molecular weight is 504 g/mol. The second-order valence-electron chi connectivity index (χ2n) is 8.76. The summed E-state index contributed by atoms with van der Waals surface area (Å²) in [6, 6.07) is 18.4. The summed E-state index contributed by atoms with van der Waals surface area (Å²) in [5.74, 6) is 1.38. The number of aryl methyl sites for hydroxylation is 1. The molecule has 0 spiro atoms. The highest BCUT2D eigenvalue weighted by atomic mass is 35.5. The van der Waals surface area contributed by atoms with Crippen molar-refractivity contribution in [1.82, 2.24) is 15.1 Å². The van der Waals surface area contributed by atoms with E-state index in [1.807, 2.05) is 60.4 Å². The van der Waals surface area contributed by atoms with Crippen LogP contribution in [0.2, 0.25) is 5.02 Å². The van der Waals surface area contributed by atoms with Gasteiger partial charge in [0.05, 0.1) is 20.3 Å². The van der Waals surface area contributed by atoms with Crippen LogP contribution in [0.3, 0.4) is 0 Å². The Labute approximate surface area is 214 Å². The Morgan fingerprint density at radius 1 is 1.06 bits per heavy atom. The lowest BCUT2D eigenvalue weighted by molar-refractivity contribution is 0.0745. The minimum absolute atomic E-state index is 0.0553. The number of aromatic hydroxyl groups is 1. The van der Waals surface area contributed by atoms with Crippen LogP contribution >= 0.6 is 11.6 Å². The van der Waals surface area contributed by atoms with E-state index < -0.39 is 6.04 Å². The quantitative estimate of drug-likeness (QED) is 0.345. The average Bonchev–Trinajstić information content (AvgIpc) is 3.43. The number of phenols is 1. The summed E-state index contributed by atoms with van der Waals surface area (Å²) in [4.78, 5) is 15.5. The summed E-state index contributed by atoms with van der Waals surface area (Å²) < 4.78 is 10.7. The van der Waals surface area contributed by atoms with Gasteiger partial charge in [0.15, 0.2) is 0 Å². The van der Waals surface area contributed by atoms with Gasteiger partial charge in [-0.2, -0.15) is 5.10 Å². The van der Waals surface area contributed by atoms with Gasteiger partial charge in [0.25, 0.3) is 5.91 Å². The van der Waals surface area contributed by atoms with E-state index in [0.717, 1.165) is 22.4 Å². The molecule has 1 aliphatic rings. The van der Waals surface area contributed by atoms with Crippen LogP contribution in [-0.4, -0.2) is 46.9 Å². The van der Waals surface area contributed by atoms with Crippen molar-refractivity contribution in [3.05, 3.63) is 93.6 Å². The molecule has 7 nitrogen and oxygen atoms in total. The van der Waals surface area contributed by atoms with E-state index in [2.05, 4.69) is 10.2 Å². The highest BCUT2D eigenvalue weighted by Gasteiger charge is 2.42. The smallest absolute Gasteiger partial charge is 0.273 e. The van der Waals surface area contributed by atoms with Gasteiger partial charge in [0, 0.05) is 22.7 Å². The first-order valence-electron chi connectivity index (χ1n) is 11.6. The monoisotopic (exact) mass is 503 g/mol. The summed E-state index contributed by atoms with van der Waals surface area (Å²) in [6.07, 6.45) is 0.658. The third-order valence-corrected chi connectivity index (χ3v) is 7.01. The van der Waals surface area contributed by atoms with E-state index in [-0.39, 0.29) is 11.7 Å². The first-order chi connectivity index (χ1) is 17.4. The number of carbonyl (C=O) groups is 1. The lowest BCUT2D eigenvalue weighted by Crippen LogP contribution is -2.31. The molecule has 3 aromatic carbocycles. The number of aromatic nitrogens is 2. The first-order valence-corrected chi connectivity index (χ1v) is 11.9. The van der Waals surface area contributed by atoms with Gasteiger partial charge in [-0.1, -0.05) is 35.9 Å². The molecule has 184 valence electrons. The van der Waals surface area contributed by atoms with E-state index in [1.54, 1.807) is 26.4 Å². The maximum Gasteiger partial charge on any atom is 0.273 e. The summed E-state index contributed by atoms with van der Waals surface area (Å²) >= 11 is 6.39. The van der Waals surface area contributed by atoms with Crippen LogP contribution in [0.25, 0.3) is 11.3 Å². The number of halogens is 1. The summed E-state index contributed by atoms with van der Waals surface area (Å²) in [7, 11) is 3.25. The molecule has 0 saturated heterocycles. The number of ether oxygens (including phenoxy) is 2. The molecule has 0 fully saturated rings. The zero-order chi connectivity index (χ0) is 25.4. The minimum atomic E-state index is -0.422. The molecular weight excluding hydrogens is 478 g/mol. The van der Waals surface area contributed by atoms with Crippen molar-refractivity contribution < 1.29 is 19.4 Å². The van der Waals surface area contributed by atoms with Gasteiger partial charge in [-0.15, -0.1) is 0 Å². The van der Waals surface area contributed by atoms with E-state index in [9.17, 15) is 9.90 Å². The van der Waals surface area contributed by atoms with E-state index in [4.69, 9.17) is 21.1 Å². The maximum absolute atomic E-state index is 13.6. The Balaban J connectivity index is 1.58. The minimum Gasteiger partial charge on any atom is -0.507 e. The fraction of sp³-hybridized carbons (Fsp3) is 0.214. The SMILES string of the molecule is COc1ccc(CCN2C(=O)c3[nH]nc(-c4cc(Cl)c(C)cc4O)c3[C@H]2c2cccc(OC)c2)cc1. The number of nitrogens with one attached hydrogen (secondary N) is 1. The predicted molar refractivity (Wildman–Crippen MR) is 138 cm³/mol. The molecule has 36 heavy (non-hydrogen) atoms. The van der Waals surface area contributed by atoms with Crippen LogP contribution in [-0.2, 0) is 6.42 Å². The highest BCUT2D eigenvalue weighted by molar-refractivity contribution is 6.31. The Bertz CT molecular complexity index is 1430. The molecule has 0 unspecified atom stereocenters. The molecule has 8 heteroatoms. The summed E-state index contributed by atoms with van der Waals surface area (Å²) in [5.41, 5.74) is 4.81. The Hall–Kier alpha value is -3.97. The normalized spacial score (nSPS) is 14.7. The molecule has 4 aromatic rings. The van der Waals surface area contributed by atoms with Crippen molar-refractivity contribution in [3.63, 3.8) is 0 Å². The molecule has 0 radical (unpaired) electrons. The molecule has 0 bridgehead atoms. The predicted octanol–water partition coefficient (Wildman–Crippen LogP) is 5.55. The van der Waals surface area contributed by atoms with Crippen molar-refractivity contribution in [2.75, 3.05) is 20.8 Å². The number of carbonyl (C=O) groups excluding carboxylic acids is 1. The Kier molecular flexibility index (Phi) is 6.33. The molecule has 1 aliphatic heterocycles. The molecule has 5 rings (SSSR count). The van der Waals surface area contributed by atoms with Crippen LogP contribution in [0, 0.1) is 6.92 Å². The maximum atomic E-state index is 13.6. The van der Waals surface area contributed by atoms with Crippen molar-refractivity contribution in [2.24, 2.45) is 0 Å². The molecule has 1 amide bonds. The molecule has 1 atom stereocenters. The number of phenolic OH excluding ortho intramolecular Hbond substituents is 1. The molecule has 2 N–H and O–H groups in total. The number of methoxy groups -OCH3 is 2. The molecule has 0 aliphatic carbocycles. The first kappa shape index (κ1) is 23.8. The van der Waals surface area contributed by atoms with Crippen molar-refractivity contribution in [1.29, 1.82) is 0 Å². The van der Waals surface area contributed by atoms with Crippen molar-refractivity contribution in [2.45, 2.75) is 19.4 Å². The van der Waals surface area contributed by atoms with Gasteiger partial charge >= 0.3 is 0 Å². The third-order valence-electron chi connectivity index (χ3n) is 6.61. The Morgan fingerprint density at radius 3 is 2.53 bits per heavy atom. The number of fused-ring (bicyclic) bond motifs is 1. The summed E-state index contributed by atoms with van der Waals surface area (Å²) in [6.45, 7) is 2.31. The zero-order valence-electron chi connectivity index (χ0n) is 20.2. The van der Waals surface area contributed by atoms with Crippen LogP contribution in [0.5, 0.6) is 17.2 Å². The zero-order valence-corrected chi connectivity index (χ0v) is 21.0. The molecule has 2 heterocycles. The number of amides is 1. The number of rotatable bonds is 7. The molecule has 0 saturated carbocycles. The van der Waals surface area contributed by atoms with Crippen molar-refractivity contribution >= 4 is 17.5 Å². The van der Waals surface area contributed by atoms with Gasteiger partial charge < -0.3 is 19.5 Å². The van der Waals surface area contributed by atoms with Crippen LogP contribution in [0.15, 0.2) is 60.7 Å². The fourth-order valence-corrected chi connectivity index (χ4v) is 4.85. The van der Waals surface area contributed by atoms with E-state index in [0.29, 0.717) is 46.3 Å². The second-order valence-corrected chi connectivity index (χ2v) is 9.16. The third kappa shape index (κ3) is 4.16. The lowest BCUT2D eigenvalue weighted by atomic mass is 9.95. The van der Waals surface area contributed by atoms with Gasteiger partial charge in [-0.05, 0) is 66.4 Å². The largest absolute Gasteiger partial charge is 0.507 e. The number of hydrogen-bond acceptors (Lipinski definition) is 5. The van der Waals surface area contributed by atoms with Gasteiger partial charge in [0.1, 0.15) is 28.6 Å². The van der Waals surface area contributed by atoms with Gasteiger partial charge in [-0.3, -0.25) is 9.89 Å². The van der Waals surface area contributed by atoms with Gasteiger partial charge in [0.2, 0.25) is 0 Å². The van der Waals surface area contributed by atoms with E-state index in [1.165, 1.54) is 0 Å². The van der Waals surface area contributed by atoms with Crippen LogP contribution in [0.4, 0.5) is 0 Å². The standard InChI is InChI=1S/C28H26ClN3O4/c1-16-13-23(33)21(15-22(16)29)25-24-26(31-30-25)28(34)32(12-11-17-7-9-19(35-2)10-8-17)27(24)18-5-4-6-20(14-18)36-3/h4-10,13-15,27,33H,11-12H2,1-3H3,(H,30,31)/t27-/m1/s1. The van der Waals surface area contributed by atoms with Crippen molar-refractivity contribution in [3.8, 4) is 28.5 Å². The summed E-state index contributed by atoms with van der Waals surface area (Å²) in [5, 5.41) is 18.6. The number of benzene rings is 3. The highest BCUT2D eigenvalue weighted by Crippen LogP contribution is 2.45. The fourth-order valence-electron chi connectivity index (χ4n) is 4.69. The molecule has 1 aromatic heterocycles. The van der Waals surface area contributed by atoms with Gasteiger partial charge in [-0.25, -0.2) is 0 Å². The topological polar surface area (TPSA) is 87.7 Å². The number of nitrogens with zero attached hydrogens (tertiary/aromatic N) is 2. The lowest BCUT2D eigenvalue weighted by Gasteiger charge is -2.27. The number of H-pyrrole nitrogens is 1. The van der Waals surface area contributed by atoms with E-state index >= 15 is 0 Å². The van der Waals surface area contributed by atoms with Crippen LogP contribution in [0.1, 0.15) is 38.8 Å². The number of aromatic amines is 1. The molecular formula is C28H26ClN3O4. The second kappa shape index (κ2) is 9.59. The van der Waals surface area contributed by atoms with Crippen LogP contribution < -0.4 is 9.47 Å².